The number of rotatable bonds is 5. The summed E-state index contributed by atoms with van der Waals surface area (Å²) < 4.78 is 42.0. The van der Waals surface area contributed by atoms with Crippen molar-refractivity contribution < 1.29 is 32.4 Å². The molecule has 1 rings (SSSR count). The van der Waals surface area contributed by atoms with Gasteiger partial charge in [-0.15, -0.1) is 0 Å². The summed E-state index contributed by atoms with van der Waals surface area (Å²) >= 11 is 0. The molecule has 0 aliphatic rings. The lowest BCUT2D eigenvalue weighted by atomic mass is 10.1. The van der Waals surface area contributed by atoms with Crippen LogP contribution in [-0.2, 0) is 14.3 Å². The van der Waals surface area contributed by atoms with Crippen LogP contribution in [0.4, 0.5) is 18.9 Å². The molecule has 9 heteroatoms. The molecule has 6 nitrogen and oxygen atoms in total. The molecule has 0 spiro atoms. The number of nitrogens with zero attached hydrogens (tertiary/aromatic N) is 1. The third-order valence-electron chi connectivity index (χ3n) is 2.43. The Kier molecular flexibility index (Phi) is 5.39. The van der Waals surface area contributed by atoms with Crippen molar-refractivity contribution in [2.45, 2.75) is 13.1 Å². The number of carbonyl (C=O) groups is 2. The Balaban J connectivity index is 3.42. The molecule has 0 aliphatic carbocycles. The van der Waals surface area contributed by atoms with Crippen molar-refractivity contribution >= 4 is 23.5 Å². The van der Waals surface area contributed by atoms with E-state index in [1.165, 1.54) is 19.1 Å². The van der Waals surface area contributed by atoms with Crippen molar-refractivity contribution in [3.05, 3.63) is 45.5 Å². The normalized spacial score (nSPS) is 11.9. The highest BCUT2D eigenvalue weighted by Crippen LogP contribution is 2.26. The lowest BCUT2D eigenvalue weighted by molar-refractivity contribution is -0.385. The molecule has 118 valence electrons. The molecule has 0 radical (unpaired) electrons. The Labute approximate surface area is 122 Å². The summed E-state index contributed by atoms with van der Waals surface area (Å²) in [6, 6.07) is 4.76. The van der Waals surface area contributed by atoms with Crippen LogP contribution >= 0.6 is 0 Å². The third-order valence-corrected chi connectivity index (χ3v) is 2.43. The Hall–Kier alpha value is -2.71. The first-order valence-electron chi connectivity index (χ1n) is 5.92. The summed E-state index contributed by atoms with van der Waals surface area (Å²) in [5.74, 6) is -3.92. The van der Waals surface area contributed by atoms with E-state index in [9.17, 15) is 32.9 Å². The van der Waals surface area contributed by atoms with Crippen molar-refractivity contribution in [3.63, 3.8) is 0 Å². The van der Waals surface area contributed by atoms with Crippen molar-refractivity contribution in [2.24, 2.45) is 0 Å². The van der Waals surface area contributed by atoms with Gasteiger partial charge in [0.1, 0.15) is 5.57 Å². The van der Waals surface area contributed by atoms with Gasteiger partial charge in [0.2, 0.25) is 0 Å². The van der Waals surface area contributed by atoms with Crippen LogP contribution in [0.3, 0.4) is 0 Å². The Morgan fingerprint density at radius 3 is 2.41 bits per heavy atom. The summed E-state index contributed by atoms with van der Waals surface area (Å²) in [6.45, 7) is 1.09. The molecular formula is C13H10F3NO5. The molecule has 0 aliphatic heterocycles. The summed E-state index contributed by atoms with van der Waals surface area (Å²) in [5, 5.41) is 10.8. The van der Waals surface area contributed by atoms with Crippen LogP contribution in [0.25, 0.3) is 6.08 Å². The largest absolute Gasteiger partial charge is 0.462 e. The number of esters is 1. The number of hydrogen-bond donors (Lipinski definition) is 0. The first-order valence-corrected chi connectivity index (χ1v) is 5.92. The number of nitro benzene ring substituents is 1. The number of benzene rings is 1. The quantitative estimate of drug-likeness (QED) is 0.208. The van der Waals surface area contributed by atoms with Crippen molar-refractivity contribution in [1.29, 1.82) is 0 Å². The standard InChI is InChI=1S/C13H10F3NO5/c1-2-22-12(19)9(11(18)13(14,15)16)7-8-5-3-4-6-10(8)17(20)21/h3-7H,2H2,1H3/b9-7-. The minimum Gasteiger partial charge on any atom is -0.462 e. The second kappa shape index (κ2) is 6.83. The molecule has 0 unspecified atom stereocenters. The molecule has 0 N–H and O–H groups in total. The molecule has 0 heterocycles. The van der Waals surface area contributed by atoms with Crippen molar-refractivity contribution in [2.75, 3.05) is 6.61 Å². The number of halogens is 3. The highest BCUT2D eigenvalue weighted by atomic mass is 19.4. The van der Waals surface area contributed by atoms with Crippen LogP contribution in [0.15, 0.2) is 29.8 Å². The summed E-state index contributed by atoms with van der Waals surface area (Å²) in [7, 11) is 0. The van der Waals surface area contributed by atoms with E-state index in [4.69, 9.17) is 0 Å². The molecule has 22 heavy (non-hydrogen) atoms. The zero-order valence-corrected chi connectivity index (χ0v) is 11.2. The van der Waals surface area contributed by atoms with E-state index >= 15 is 0 Å². The average Bonchev–Trinajstić information content (AvgIpc) is 2.43. The number of carbonyl (C=O) groups excluding carboxylic acids is 2. The van der Waals surface area contributed by atoms with Gasteiger partial charge >= 0.3 is 12.1 Å². The highest BCUT2D eigenvalue weighted by molar-refractivity contribution is 6.22. The maximum Gasteiger partial charge on any atom is 0.455 e. The van der Waals surface area contributed by atoms with Crippen LogP contribution in [0.1, 0.15) is 12.5 Å². The number of Topliss-reactive ketones (excluding diaryl/α,β-unsaturated/α-hetero) is 1. The topological polar surface area (TPSA) is 86.5 Å². The van der Waals surface area contributed by atoms with Crippen molar-refractivity contribution in [3.8, 4) is 0 Å². The van der Waals surface area contributed by atoms with Crippen LogP contribution < -0.4 is 0 Å². The zero-order chi connectivity index (χ0) is 16.9. The lowest BCUT2D eigenvalue weighted by Gasteiger charge is -2.09. The smallest absolute Gasteiger partial charge is 0.455 e. The molecule has 0 saturated heterocycles. The van der Waals surface area contributed by atoms with Gasteiger partial charge in [-0.2, -0.15) is 13.2 Å². The monoisotopic (exact) mass is 317 g/mol. The fourth-order valence-corrected chi connectivity index (χ4v) is 1.51. The van der Waals surface area contributed by atoms with Gasteiger partial charge in [-0.3, -0.25) is 14.9 Å². The van der Waals surface area contributed by atoms with Gasteiger partial charge in [0.15, 0.2) is 0 Å². The second-order valence-electron chi connectivity index (χ2n) is 3.92. The van der Waals surface area contributed by atoms with E-state index in [-0.39, 0.29) is 12.2 Å². The van der Waals surface area contributed by atoms with Gasteiger partial charge in [-0.25, -0.2) is 4.79 Å². The van der Waals surface area contributed by atoms with Crippen molar-refractivity contribution in [1.82, 2.24) is 0 Å². The number of alkyl halides is 3. The van der Waals surface area contributed by atoms with E-state index in [0.29, 0.717) is 6.08 Å². The van der Waals surface area contributed by atoms with E-state index < -0.39 is 34.1 Å². The summed E-state index contributed by atoms with van der Waals surface area (Å²) in [5.41, 5.74) is -2.17. The average molecular weight is 317 g/mol. The predicted molar refractivity (Wildman–Crippen MR) is 68.8 cm³/mol. The van der Waals surface area contributed by atoms with E-state index in [0.717, 1.165) is 12.1 Å². The molecular weight excluding hydrogens is 307 g/mol. The maximum absolute atomic E-state index is 12.5. The molecule has 0 saturated carbocycles. The lowest BCUT2D eigenvalue weighted by Crippen LogP contribution is -2.29. The van der Waals surface area contributed by atoms with Gasteiger partial charge in [0.05, 0.1) is 17.1 Å². The minimum atomic E-state index is -5.30. The van der Waals surface area contributed by atoms with Crippen LogP contribution in [0, 0.1) is 10.1 Å². The number of nitro groups is 1. The fourth-order valence-electron chi connectivity index (χ4n) is 1.51. The van der Waals surface area contributed by atoms with Gasteiger partial charge < -0.3 is 4.74 Å². The van der Waals surface area contributed by atoms with Gasteiger partial charge in [-0.05, 0) is 19.1 Å². The SMILES string of the molecule is CCOC(=O)/C(=C\c1ccccc1[N+](=O)[O-])C(=O)C(F)(F)F. The zero-order valence-electron chi connectivity index (χ0n) is 11.2. The molecule has 1 aromatic rings. The predicted octanol–water partition coefficient (Wildman–Crippen LogP) is 2.67. The third kappa shape index (κ3) is 4.14. The van der Waals surface area contributed by atoms with E-state index in [1.807, 2.05) is 0 Å². The number of hydrogen-bond acceptors (Lipinski definition) is 5. The Bertz CT molecular complexity index is 637. The van der Waals surface area contributed by atoms with Crippen LogP contribution in [-0.4, -0.2) is 29.5 Å². The van der Waals surface area contributed by atoms with Crippen LogP contribution in [0.2, 0.25) is 0 Å². The van der Waals surface area contributed by atoms with Gasteiger partial charge in [-0.1, -0.05) is 12.1 Å². The number of ether oxygens (including phenoxy) is 1. The Morgan fingerprint density at radius 2 is 1.91 bits per heavy atom. The minimum absolute atomic E-state index is 0.252. The van der Waals surface area contributed by atoms with E-state index in [2.05, 4.69) is 4.74 Å². The first-order chi connectivity index (χ1) is 10.2. The fraction of sp³-hybridized carbons (Fsp3) is 0.231. The number of ketones is 1. The number of para-hydroxylation sites is 1. The molecule has 0 bridgehead atoms. The van der Waals surface area contributed by atoms with E-state index in [1.54, 1.807) is 0 Å². The molecule has 0 fully saturated rings. The summed E-state index contributed by atoms with van der Waals surface area (Å²) in [4.78, 5) is 32.8. The van der Waals surface area contributed by atoms with Gasteiger partial charge in [0.25, 0.3) is 11.5 Å². The highest BCUT2D eigenvalue weighted by Gasteiger charge is 2.43. The maximum atomic E-state index is 12.5. The molecule has 0 amide bonds. The molecule has 0 atom stereocenters. The second-order valence-corrected chi connectivity index (χ2v) is 3.92. The first kappa shape index (κ1) is 17.3. The molecule has 1 aromatic carbocycles. The van der Waals surface area contributed by atoms with Crippen LogP contribution in [0.5, 0.6) is 0 Å². The molecule has 0 aromatic heterocycles. The Morgan fingerprint density at radius 1 is 1.32 bits per heavy atom. The van der Waals surface area contributed by atoms with Gasteiger partial charge in [0, 0.05) is 6.07 Å². The summed E-state index contributed by atoms with van der Waals surface area (Å²) in [6.07, 6.45) is -4.80.